The van der Waals surface area contributed by atoms with Gasteiger partial charge in [0.1, 0.15) is 23.2 Å². The Bertz CT molecular complexity index is 1880. The van der Waals surface area contributed by atoms with Crippen molar-refractivity contribution in [3.8, 4) is 11.3 Å². The molecule has 0 unspecified atom stereocenters. The fourth-order valence-electron chi connectivity index (χ4n) is 5.66. The summed E-state index contributed by atoms with van der Waals surface area (Å²) in [5.41, 5.74) is 4.25. The quantitative estimate of drug-likeness (QED) is 0.161. The number of benzene rings is 5. The molecule has 0 aliphatic heterocycles. The molecule has 6 heteroatoms. The molecule has 1 heterocycles. The number of aromatic nitrogens is 1. The maximum absolute atomic E-state index is 14.2. The lowest BCUT2D eigenvalue weighted by atomic mass is 10.1. The van der Waals surface area contributed by atoms with Crippen LogP contribution in [0.25, 0.3) is 11.3 Å². The maximum Gasteiger partial charge on any atom is 0.268 e. The second-order valence-electron chi connectivity index (χ2n) is 10.8. The fraction of sp³-hybridized carbons (Fsp3) is 0.0811. The average Bonchev–Trinajstić information content (AvgIpc) is 3.47. The van der Waals surface area contributed by atoms with Crippen molar-refractivity contribution in [3.63, 3.8) is 0 Å². The average molecular weight is 621 g/mol. The standard InChI is InChI=1S/C37H32ClNO2PS/c1-28-18-21-35(22-19-28)43(40,41)39-26-30(25-37(39)31-20-23-36(38)29(2)24-31)27-42(32-12-6-3-7-13-32,33-14-8-4-9-15-33)34-16-10-5-11-17-34/h3-26H,27H2,1-2H3/q+1. The third-order valence-corrected chi connectivity index (χ3v) is 14.4. The van der Waals surface area contributed by atoms with E-state index in [-0.39, 0.29) is 4.90 Å². The van der Waals surface area contributed by atoms with Gasteiger partial charge in [-0.15, -0.1) is 0 Å². The van der Waals surface area contributed by atoms with Gasteiger partial charge in [-0.3, -0.25) is 0 Å². The Morgan fingerprint density at radius 2 is 1.16 bits per heavy atom. The van der Waals surface area contributed by atoms with Crippen molar-refractivity contribution in [1.82, 2.24) is 3.97 Å². The molecule has 214 valence electrons. The number of hydrogen-bond acceptors (Lipinski definition) is 2. The molecule has 0 aliphatic rings. The van der Waals surface area contributed by atoms with Crippen LogP contribution in [0.3, 0.4) is 0 Å². The molecular weight excluding hydrogens is 589 g/mol. The minimum absolute atomic E-state index is 0.252. The first-order chi connectivity index (χ1) is 20.8. The highest BCUT2D eigenvalue weighted by Crippen LogP contribution is 2.58. The van der Waals surface area contributed by atoms with E-state index >= 15 is 0 Å². The molecule has 0 atom stereocenters. The highest BCUT2D eigenvalue weighted by Gasteiger charge is 2.46. The van der Waals surface area contributed by atoms with Crippen molar-refractivity contribution in [2.45, 2.75) is 24.9 Å². The Morgan fingerprint density at radius 1 is 0.651 bits per heavy atom. The van der Waals surface area contributed by atoms with E-state index < -0.39 is 17.3 Å². The number of rotatable bonds is 8. The Morgan fingerprint density at radius 3 is 1.65 bits per heavy atom. The molecule has 43 heavy (non-hydrogen) atoms. The summed E-state index contributed by atoms with van der Waals surface area (Å²) in [5, 5.41) is 4.37. The monoisotopic (exact) mass is 620 g/mol. The largest absolute Gasteiger partial charge is 0.268 e. The van der Waals surface area contributed by atoms with Crippen LogP contribution in [0.5, 0.6) is 0 Å². The molecule has 3 nitrogen and oxygen atoms in total. The highest BCUT2D eigenvalue weighted by molar-refractivity contribution is 7.95. The van der Waals surface area contributed by atoms with Gasteiger partial charge in [0.2, 0.25) is 0 Å². The summed E-state index contributed by atoms with van der Waals surface area (Å²) in [4.78, 5) is 0.252. The minimum atomic E-state index is -3.89. The predicted molar refractivity (Wildman–Crippen MR) is 182 cm³/mol. The van der Waals surface area contributed by atoms with Gasteiger partial charge >= 0.3 is 0 Å². The fourth-order valence-corrected chi connectivity index (χ4v) is 11.4. The van der Waals surface area contributed by atoms with E-state index in [1.54, 1.807) is 12.1 Å². The summed E-state index contributed by atoms with van der Waals surface area (Å²) in [6.45, 7) is 3.89. The predicted octanol–water partition coefficient (Wildman–Crippen LogP) is 8.16. The van der Waals surface area contributed by atoms with Gasteiger partial charge in [0.15, 0.2) is 0 Å². The van der Waals surface area contributed by atoms with Crippen LogP contribution in [-0.2, 0) is 16.2 Å². The van der Waals surface area contributed by atoms with Crippen molar-refractivity contribution in [1.29, 1.82) is 0 Å². The third-order valence-electron chi connectivity index (χ3n) is 7.88. The molecular formula is C37H32ClNO2PS+. The lowest BCUT2D eigenvalue weighted by Gasteiger charge is -2.27. The van der Waals surface area contributed by atoms with E-state index in [0.717, 1.165) is 22.3 Å². The van der Waals surface area contributed by atoms with E-state index in [1.165, 1.54) is 19.9 Å². The van der Waals surface area contributed by atoms with Gasteiger partial charge in [-0.25, -0.2) is 12.4 Å². The Balaban J connectivity index is 1.60. The van der Waals surface area contributed by atoms with E-state index in [4.69, 9.17) is 11.6 Å². The summed E-state index contributed by atoms with van der Waals surface area (Å²) >= 11 is 6.38. The van der Waals surface area contributed by atoms with Crippen molar-refractivity contribution in [2.24, 2.45) is 0 Å². The van der Waals surface area contributed by atoms with Gasteiger partial charge in [-0.2, -0.15) is 0 Å². The molecule has 6 rings (SSSR count). The van der Waals surface area contributed by atoms with Crippen LogP contribution < -0.4 is 15.9 Å². The first-order valence-corrected chi connectivity index (χ1v) is 17.9. The van der Waals surface area contributed by atoms with Crippen LogP contribution in [0.2, 0.25) is 5.02 Å². The Labute approximate surface area is 259 Å². The number of halogens is 1. The molecule has 0 spiro atoms. The van der Waals surface area contributed by atoms with E-state index in [0.29, 0.717) is 16.9 Å². The molecule has 6 aromatic rings. The first-order valence-electron chi connectivity index (χ1n) is 14.1. The van der Waals surface area contributed by atoms with Gasteiger partial charge in [0, 0.05) is 16.8 Å². The molecule has 1 aromatic heterocycles. The van der Waals surface area contributed by atoms with Crippen LogP contribution in [0.1, 0.15) is 16.7 Å². The summed E-state index contributed by atoms with van der Waals surface area (Å²) in [6.07, 6.45) is 2.47. The molecule has 0 radical (unpaired) electrons. The first kappa shape index (κ1) is 29.1. The second-order valence-corrected chi connectivity index (χ2v) is 16.5. The van der Waals surface area contributed by atoms with Crippen LogP contribution in [0.4, 0.5) is 0 Å². The van der Waals surface area contributed by atoms with Gasteiger partial charge < -0.3 is 0 Å². The van der Waals surface area contributed by atoms with E-state index in [2.05, 4.69) is 72.8 Å². The number of hydrogen-bond donors (Lipinski definition) is 0. The lowest BCUT2D eigenvalue weighted by molar-refractivity contribution is 0.588. The SMILES string of the molecule is Cc1ccc(S(=O)(=O)n2cc(C[P+](c3ccccc3)(c3ccccc3)c3ccccc3)cc2-c2ccc(Cl)c(C)c2)cc1. The lowest BCUT2D eigenvalue weighted by Crippen LogP contribution is -2.32. The summed E-state index contributed by atoms with van der Waals surface area (Å²) in [7, 11) is -6.14. The topological polar surface area (TPSA) is 39.1 Å². The molecule has 0 fully saturated rings. The molecule has 0 saturated carbocycles. The minimum Gasteiger partial charge on any atom is -0.241 e. The number of nitrogens with zero attached hydrogens (tertiary/aromatic N) is 1. The zero-order valence-electron chi connectivity index (χ0n) is 24.1. The molecule has 0 amide bonds. The Kier molecular flexibility index (Phi) is 8.11. The molecule has 0 aliphatic carbocycles. The van der Waals surface area contributed by atoms with Gasteiger partial charge in [0.05, 0.1) is 16.8 Å². The smallest absolute Gasteiger partial charge is 0.241 e. The van der Waals surface area contributed by atoms with Crippen molar-refractivity contribution in [3.05, 3.63) is 167 Å². The number of aryl methyl sites for hydroxylation is 2. The van der Waals surface area contributed by atoms with Crippen LogP contribution in [-0.4, -0.2) is 12.4 Å². The van der Waals surface area contributed by atoms with E-state index in [1.807, 2.05) is 74.6 Å². The summed E-state index contributed by atoms with van der Waals surface area (Å²) in [5.74, 6) is 0. The van der Waals surface area contributed by atoms with Gasteiger partial charge in [-0.1, -0.05) is 90.0 Å². The normalized spacial score (nSPS) is 11.9. The van der Waals surface area contributed by atoms with Gasteiger partial charge in [0.25, 0.3) is 10.0 Å². The summed E-state index contributed by atoms with van der Waals surface area (Å²) < 4.78 is 29.9. The van der Waals surface area contributed by atoms with E-state index in [9.17, 15) is 8.42 Å². The van der Waals surface area contributed by atoms with Crippen LogP contribution >= 0.6 is 18.9 Å². The van der Waals surface area contributed by atoms with Crippen molar-refractivity contribution < 1.29 is 8.42 Å². The van der Waals surface area contributed by atoms with Crippen LogP contribution in [0.15, 0.2) is 151 Å². The van der Waals surface area contributed by atoms with Crippen molar-refractivity contribution in [2.75, 3.05) is 0 Å². The summed E-state index contributed by atoms with van der Waals surface area (Å²) in [6, 6.07) is 46.6. The van der Waals surface area contributed by atoms with Gasteiger partial charge in [-0.05, 0) is 91.7 Å². The third kappa shape index (κ3) is 5.59. The highest BCUT2D eigenvalue weighted by atomic mass is 35.5. The second kappa shape index (κ2) is 12.0. The van der Waals surface area contributed by atoms with Crippen LogP contribution in [0, 0.1) is 13.8 Å². The molecule has 0 bridgehead atoms. The molecule has 0 saturated heterocycles. The molecule has 0 N–H and O–H groups in total. The maximum atomic E-state index is 14.2. The zero-order valence-corrected chi connectivity index (χ0v) is 26.5. The van der Waals surface area contributed by atoms with Crippen molar-refractivity contribution >= 4 is 44.8 Å². The molecule has 5 aromatic carbocycles. The Hall–Kier alpha value is -3.95. The zero-order chi connectivity index (χ0) is 30.0.